The Balaban J connectivity index is 2.40. The molecule has 0 amide bonds. The lowest BCUT2D eigenvalue weighted by Gasteiger charge is -2.06. The average Bonchev–Trinajstić information content (AvgIpc) is 2.19. The highest BCUT2D eigenvalue weighted by Crippen LogP contribution is 2.10. The molecule has 13 heavy (non-hydrogen) atoms. The first-order valence-corrected chi connectivity index (χ1v) is 4.57. The molecular weight excluding hydrogens is 162 g/mol. The summed E-state index contributed by atoms with van der Waals surface area (Å²) in [5, 5.41) is 0. The van der Waals surface area contributed by atoms with Crippen LogP contribution < -0.4 is 0 Å². The second-order valence-electron chi connectivity index (χ2n) is 2.84. The lowest BCUT2D eigenvalue weighted by molar-refractivity contribution is 0.270. The normalized spacial score (nSPS) is 9.62. The maximum atomic E-state index is 5.41. The van der Waals surface area contributed by atoms with Gasteiger partial charge in [-0.15, -0.1) is 0 Å². The van der Waals surface area contributed by atoms with E-state index in [1.165, 1.54) is 0 Å². The van der Waals surface area contributed by atoms with Crippen LogP contribution in [0.1, 0.15) is 25.5 Å². The molecule has 0 unspecified atom stereocenters. The number of ether oxygens (including phenoxy) is 1. The van der Waals surface area contributed by atoms with Crippen LogP contribution in [0.3, 0.4) is 0 Å². The minimum atomic E-state index is 0.661. The van der Waals surface area contributed by atoms with Crippen LogP contribution in [0.15, 0.2) is 31.0 Å². The van der Waals surface area contributed by atoms with Crippen LogP contribution >= 0.6 is 0 Å². The second-order valence-corrected chi connectivity index (χ2v) is 2.84. The van der Waals surface area contributed by atoms with Gasteiger partial charge < -0.3 is 4.74 Å². The molecule has 0 fully saturated rings. The second kappa shape index (κ2) is 5.36. The maximum Gasteiger partial charge on any atom is 0.137 e. The van der Waals surface area contributed by atoms with E-state index in [0.717, 1.165) is 25.1 Å². The number of hydrogen-bond donors (Lipinski definition) is 0. The summed E-state index contributed by atoms with van der Waals surface area (Å²) in [5.41, 5.74) is 0.818. The van der Waals surface area contributed by atoms with Gasteiger partial charge in [0.05, 0.1) is 6.61 Å². The van der Waals surface area contributed by atoms with E-state index in [1.807, 2.05) is 18.2 Å². The molecule has 2 heteroatoms. The summed E-state index contributed by atoms with van der Waals surface area (Å²) in [6, 6.07) is 5.70. The van der Waals surface area contributed by atoms with Crippen molar-refractivity contribution in [2.24, 2.45) is 0 Å². The van der Waals surface area contributed by atoms with Gasteiger partial charge in [0.1, 0.15) is 11.5 Å². The number of aromatic nitrogens is 1. The van der Waals surface area contributed by atoms with Gasteiger partial charge in [0.2, 0.25) is 0 Å². The largest absolute Gasteiger partial charge is 0.492 e. The van der Waals surface area contributed by atoms with Gasteiger partial charge in [-0.05, 0) is 18.6 Å². The zero-order chi connectivity index (χ0) is 9.52. The van der Waals surface area contributed by atoms with E-state index in [4.69, 9.17) is 4.74 Å². The average molecular weight is 177 g/mol. The Morgan fingerprint density at radius 1 is 1.54 bits per heavy atom. The lowest BCUT2D eigenvalue weighted by atomic mass is 10.3. The third-order valence-corrected chi connectivity index (χ3v) is 1.72. The summed E-state index contributed by atoms with van der Waals surface area (Å²) in [6.07, 6.45) is 3.94. The third-order valence-electron chi connectivity index (χ3n) is 1.72. The molecule has 1 heterocycles. The van der Waals surface area contributed by atoms with Gasteiger partial charge >= 0.3 is 0 Å². The van der Waals surface area contributed by atoms with Gasteiger partial charge in [0.15, 0.2) is 0 Å². The van der Waals surface area contributed by atoms with E-state index >= 15 is 0 Å². The summed E-state index contributed by atoms with van der Waals surface area (Å²) in [5.74, 6) is 0.661. The maximum absolute atomic E-state index is 5.41. The van der Waals surface area contributed by atoms with Crippen molar-refractivity contribution in [3.05, 3.63) is 36.7 Å². The molecule has 0 atom stereocenters. The van der Waals surface area contributed by atoms with Gasteiger partial charge in [-0.2, -0.15) is 0 Å². The third kappa shape index (κ3) is 3.28. The Hall–Kier alpha value is -1.31. The number of rotatable bonds is 5. The molecule has 0 bridgehead atoms. The van der Waals surface area contributed by atoms with E-state index in [2.05, 4.69) is 18.5 Å². The number of unbranched alkanes of at least 4 members (excludes halogenated alkanes) is 1. The van der Waals surface area contributed by atoms with E-state index in [-0.39, 0.29) is 0 Å². The molecule has 0 aliphatic heterocycles. The van der Waals surface area contributed by atoms with Crippen molar-refractivity contribution in [3.8, 4) is 0 Å². The fourth-order valence-corrected chi connectivity index (χ4v) is 0.941. The zero-order valence-corrected chi connectivity index (χ0v) is 7.99. The van der Waals surface area contributed by atoms with Gasteiger partial charge in [-0.25, -0.2) is 0 Å². The molecule has 0 spiro atoms. The van der Waals surface area contributed by atoms with Gasteiger partial charge in [-0.3, -0.25) is 4.98 Å². The summed E-state index contributed by atoms with van der Waals surface area (Å²) in [4.78, 5) is 4.13. The van der Waals surface area contributed by atoms with Crippen molar-refractivity contribution in [1.82, 2.24) is 4.98 Å². The van der Waals surface area contributed by atoms with Gasteiger partial charge in [-0.1, -0.05) is 26.0 Å². The predicted octanol–water partition coefficient (Wildman–Crippen LogP) is 2.87. The van der Waals surface area contributed by atoms with Crippen LogP contribution in [0.4, 0.5) is 0 Å². The minimum Gasteiger partial charge on any atom is -0.492 e. The quantitative estimate of drug-likeness (QED) is 0.509. The van der Waals surface area contributed by atoms with Gasteiger partial charge in [0.25, 0.3) is 0 Å². The monoisotopic (exact) mass is 177 g/mol. The molecule has 0 saturated heterocycles. The SMILES string of the molecule is C=C(OCCCC)c1ccccn1. The standard InChI is InChI=1S/C11H15NO/c1-3-4-9-13-10(2)11-7-5-6-8-12-11/h5-8H,2-4,9H2,1H3. The van der Waals surface area contributed by atoms with E-state index < -0.39 is 0 Å². The molecule has 0 radical (unpaired) electrons. The van der Waals surface area contributed by atoms with Crippen molar-refractivity contribution in [2.45, 2.75) is 19.8 Å². The highest BCUT2D eigenvalue weighted by Gasteiger charge is 1.98. The number of pyridine rings is 1. The van der Waals surface area contributed by atoms with Crippen LogP contribution in [0, 0.1) is 0 Å². The first kappa shape index (κ1) is 9.78. The van der Waals surface area contributed by atoms with Crippen LogP contribution in [0.25, 0.3) is 5.76 Å². The number of hydrogen-bond acceptors (Lipinski definition) is 2. The van der Waals surface area contributed by atoms with E-state index in [0.29, 0.717) is 5.76 Å². The molecule has 0 aromatic carbocycles. The number of nitrogens with zero attached hydrogens (tertiary/aromatic N) is 1. The van der Waals surface area contributed by atoms with Crippen molar-refractivity contribution in [2.75, 3.05) is 6.61 Å². The van der Waals surface area contributed by atoms with Crippen molar-refractivity contribution in [3.63, 3.8) is 0 Å². The van der Waals surface area contributed by atoms with Crippen LogP contribution in [-0.4, -0.2) is 11.6 Å². The van der Waals surface area contributed by atoms with Crippen molar-refractivity contribution >= 4 is 5.76 Å². The van der Waals surface area contributed by atoms with Crippen molar-refractivity contribution < 1.29 is 4.74 Å². The molecule has 1 rings (SSSR count). The topological polar surface area (TPSA) is 22.1 Å². The Labute approximate surface area is 79.3 Å². The summed E-state index contributed by atoms with van der Waals surface area (Å²) in [6.45, 7) is 6.67. The molecular formula is C11H15NO. The van der Waals surface area contributed by atoms with E-state index in [1.54, 1.807) is 6.20 Å². The van der Waals surface area contributed by atoms with Gasteiger partial charge in [0, 0.05) is 6.20 Å². The van der Waals surface area contributed by atoms with Crippen molar-refractivity contribution in [1.29, 1.82) is 0 Å². The first-order valence-electron chi connectivity index (χ1n) is 4.57. The zero-order valence-electron chi connectivity index (χ0n) is 7.99. The molecule has 0 aliphatic rings. The van der Waals surface area contributed by atoms with Crippen LogP contribution in [0.2, 0.25) is 0 Å². The highest BCUT2D eigenvalue weighted by atomic mass is 16.5. The molecule has 70 valence electrons. The first-order chi connectivity index (χ1) is 6.34. The smallest absolute Gasteiger partial charge is 0.137 e. The highest BCUT2D eigenvalue weighted by molar-refractivity contribution is 5.52. The predicted molar refractivity (Wildman–Crippen MR) is 54.1 cm³/mol. The summed E-state index contributed by atoms with van der Waals surface area (Å²) >= 11 is 0. The van der Waals surface area contributed by atoms with Crippen LogP contribution in [-0.2, 0) is 4.74 Å². The Bertz CT molecular complexity index is 256. The minimum absolute atomic E-state index is 0.661. The molecule has 1 aromatic rings. The summed E-state index contributed by atoms with van der Waals surface area (Å²) in [7, 11) is 0. The molecule has 2 nitrogen and oxygen atoms in total. The van der Waals surface area contributed by atoms with E-state index in [9.17, 15) is 0 Å². The lowest BCUT2D eigenvalue weighted by Crippen LogP contribution is -1.94. The molecule has 0 N–H and O–H groups in total. The Morgan fingerprint density at radius 3 is 3.00 bits per heavy atom. The summed E-state index contributed by atoms with van der Waals surface area (Å²) < 4.78 is 5.41. The Morgan fingerprint density at radius 2 is 2.38 bits per heavy atom. The molecule has 0 aliphatic carbocycles. The fourth-order valence-electron chi connectivity index (χ4n) is 0.941. The molecule has 1 aromatic heterocycles. The van der Waals surface area contributed by atoms with Crippen LogP contribution in [0.5, 0.6) is 0 Å². The molecule has 0 saturated carbocycles. The fraction of sp³-hybridized carbons (Fsp3) is 0.364. The Kier molecular flexibility index (Phi) is 4.03.